The molecule has 3 rings (SSSR count). The Bertz CT molecular complexity index is 667. The van der Waals surface area contributed by atoms with Gasteiger partial charge in [0.15, 0.2) is 0 Å². The van der Waals surface area contributed by atoms with Crippen molar-refractivity contribution in [2.24, 2.45) is 0 Å². The number of hydrogen-bond acceptors (Lipinski definition) is 7. The Balaban J connectivity index is 1.61. The third-order valence-electron chi connectivity index (χ3n) is 4.00. The van der Waals surface area contributed by atoms with E-state index < -0.39 is 0 Å². The van der Waals surface area contributed by atoms with Gasteiger partial charge in [-0.05, 0) is 33.8 Å². The van der Waals surface area contributed by atoms with Crippen LogP contribution in [-0.2, 0) is 6.42 Å². The number of rotatable bonds is 5. The molecule has 0 amide bonds. The van der Waals surface area contributed by atoms with Crippen LogP contribution in [0.15, 0.2) is 23.8 Å². The first-order valence-electron chi connectivity index (χ1n) is 7.49. The highest BCUT2D eigenvalue weighted by atomic mass is 79.9. The molecule has 0 unspecified atom stereocenters. The summed E-state index contributed by atoms with van der Waals surface area (Å²) in [6, 6.07) is 4.30. The maximum absolute atomic E-state index is 7.84. The molecular formula is C15H19BrN6S. The molecule has 3 heterocycles. The molecule has 3 N–H and O–H groups in total. The van der Waals surface area contributed by atoms with Crippen molar-refractivity contribution >= 4 is 43.5 Å². The first-order chi connectivity index (χ1) is 11.1. The smallest absolute Gasteiger partial charge is 0.144 e. The van der Waals surface area contributed by atoms with Crippen LogP contribution in [-0.4, -0.2) is 52.2 Å². The van der Waals surface area contributed by atoms with Crippen molar-refractivity contribution < 1.29 is 0 Å². The number of hydrogen-bond donors (Lipinski definition) is 2. The van der Waals surface area contributed by atoms with E-state index in [9.17, 15) is 0 Å². The molecule has 1 fully saturated rings. The largest absolute Gasteiger partial charge is 0.383 e. The van der Waals surface area contributed by atoms with Crippen LogP contribution < -0.4 is 10.6 Å². The molecule has 2 aromatic heterocycles. The van der Waals surface area contributed by atoms with E-state index in [0.29, 0.717) is 11.4 Å². The van der Waals surface area contributed by atoms with Crippen molar-refractivity contribution in [2.45, 2.75) is 6.42 Å². The molecule has 0 atom stereocenters. The second kappa shape index (κ2) is 7.37. The van der Waals surface area contributed by atoms with Gasteiger partial charge in [-0.15, -0.1) is 11.3 Å². The molecule has 1 aliphatic rings. The lowest BCUT2D eigenvalue weighted by Gasteiger charge is -2.36. The average molecular weight is 395 g/mol. The lowest BCUT2D eigenvalue weighted by Crippen LogP contribution is -2.47. The summed E-state index contributed by atoms with van der Waals surface area (Å²) in [5, 5.41) is 9.97. The van der Waals surface area contributed by atoms with Gasteiger partial charge in [0.05, 0.1) is 5.56 Å². The van der Waals surface area contributed by atoms with Crippen LogP contribution in [0.25, 0.3) is 0 Å². The number of nitrogens with zero attached hydrogens (tertiary/aromatic N) is 4. The summed E-state index contributed by atoms with van der Waals surface area (Å²) in [5.74, 6) is 1.09. The topological polar surface area (TPSA) is 82.1 Å². The highest BCUT2D eigenvalue weighted by Crippen LogP contribution is 2.25. The maximum atomic E-state index is 7.84. The highest BCUT2D eigenvalue weighted by Gasteiger charge is 2.22. The normalized spacial score (nSPS) is 15.8. The van der Waals surface area contributed by atoms with Gasteiger partial charge < -0.3 is 10.6 Å². The number of nitrogen functional groups attached to an aromatic ring is 1. The Kier molecular flexibility index (Phi) is 5.24. The summed E-state index contributed by atoms with van der Waals surface area (Å²) < 4.78 is 0.228. The summed E-state index contributed by atoms with van der Waals surface area (Å²) in [7, 11) is 0. The van der Waals surface area contributed by atoms with Gasteiger partial charge in [0.1, 0.15) is 22.6 Å². The number of nitrogens with two attached hydrogens (primary N) is 1. The third kappa shape index (κ3) is 3.88. The molecule has 0 spiro atoms. The number of anilines is 2. The molecule has 0 bridgehead atoms. The number of piperazine rings is 1. The van der Waals surface area contributed by atoms with E-state index in [0.717, 1.165) is 45.0 Å². The molecule has 122 valence electrons. The summed E-state index contributed by atoms with van der Waals surface area (Å²) in [6.45, 7) is 4.83. The van der Waals surface area contributed by atoms with E-state index in [-0.39, 0.29) is 4.62 Å². The highest BCUT2D eigenvalue weighted by molar-refractivity contribution is 9.18. The molecule has 0 aliphatic carbocycles. The monoisotopic (exact) mass is 394 g/mol. The summed E-state index contributed by atoms with van der Waals surface area (Å²) in [6.07, 6.45) is 2.57. The minimum atomic E-state index is 0.228. The predicted molar refractivity (Wildman–Crippen MR) is 98.9 cm³/mol. The van der Waals surface area contributed by atoms with Crippen LogP contribution in [0.4, 0.5) is 11.6 Å². The molecular weight excluding hydrogens is 376 g/mol. The van der Waals surface area contributed by atoms with Crippen LogP contribution in [0.3, 0.4) is 0 Å². The summed E-state index contributed by atoms with van der Waals surface area (Å²) in [4.78, 5) is 14.4. The lowest BCUT2D eigenvalue weighted by molar-refractivity contribution is 0.261. The van der Waals surface area contributed by atoms with Gasteiger partial charge in [0.2, 0.25) is 0 Å². The molecule has 0 radical (unpaired) electrons. The molecule has 0 aromatic carbocycles. The van der Waals surface area contributed by atoms with Crippen LogP contribution >= 0.6 is 27.3 Å². The van der Waals surface area contributed by atoms with Gasteiger partial charge in [-0.1, -0.05) is 6.07 Å². The number of nitrogens with one attached hydrogen (secondary N) is 1. The molecule has 0 saturated carbocycles. The molecule has 2 aromatic rings. The Morgan fingerprint density at radius 2 is 2.09 bits per heavy atom. The van der Waals surface area contributed by atoms with E-state index in [1.165, 1.54) is 11.2 Å². The second-order valence-electron chi connectivity index (χ2n) is 5.43. The zero-order valence-electron chi connectivity index (χ0n) is 12.7. The first-order valence-corrected chi connectivity index (χ1v) is 9.17. The number of halogens is 1. The lowest BCUT2D eigenvalue weighted by atomic mass is 10.2. The van der Waals surface area contributed by atoms with Crippen molar-refractivity contribution in [3.63, 3.8) is 0 Å². The van der Waals surface area contributed by atoms with Crippen LogP contribution in [0.2, 0.25) is 0 Å². The minimum absolute atomic E-state index is 0.228. The Morgan fingerprint density at radius 1 is 1.30 bits per heavy atom. The van der Waals surface area contributed by atoms with Crippen molar-refractivity contribution in [3.8, 4) is 0 Å². The zero-order valence-corrected chi connectivity index (χ0v) is 15.1. The molecule has 1 aliphatic heterocycles. The number of aromatic nitrogens is 2. The Hall–Kier alpha value is -1.51. The second-order valence-corrected chi connectivity index (χ2v) is 7.25. The maximum Gasteiger partial charge on any atom is 0.144 e. The van der Waals surface area contributed by atoms with E-state index in [1.54, 1.807) is 0 Å². The predicted octanol–water partition coefficient (Wildman–Crippen LogP) is 2.21. The van der Waals surface area contributed by atoms with E-state index in [4.69, 9.17) is 11.1 Å². The standard InChI is InChI=1S/C15H19BrN6S/c16-13(17)12-14(18)19-10-20-15(12)22-7-5-21(6-8-22)4-3-11-2-1-9-23-11/h1-2,9-10,17H,3-8H2,(H2,18,19,20). The molecule has 1 saturated heterocycles. The van der Waals surface area contributed by atoms with Gasteiger partial charge in [-0.3, -0.25) is 10.3 Å². The van der Waals surface area contributed by atoms with Crippen LogP contribution in [0.1, 0.15) is 10.4 Å². The summed E-state index contributed by atoms with van der Waals surface area (Å²) in [5.41, 5.74) is 6.48. The third-order valence-corrected chi connectivity index (χ3v) is 5.34. The molecule has 23 heavy (non-hydrogen) atoms. The van der Waals surface area contributed by atoms with Crippen LogP contribution in [0.5, 0.6) is 0 Å². The van der Waals surface area contributed by atoms with E-state index >= 15 is 0 Å². The van der Waals surface area contributed by atoms with Crippen LogP contribution in [0, 0.1) is 5.41 Å². The van der Waals surface area contributed by atoms with Crippen molar-refractivity contribution in [1.29, 1.82) is 5.41 Å². The Morgan fingerprint density at radius 3 is 2.74 bits per heavy atom. The average Bonchev–Trinajstić information content (AvgIpc) is 3.06. The molecule has 8 heteroatoms. The van der Waals surface area contributed by atoms with Gasteiger partial charge in [0, 0.05) is 37.6 Å². The van der Waals surface area contributed by atoms with Gasteiger partial charge in [-0.25, -0.2) is 9.97 Å². The van der Waals surface area contributed by atoms with Gasteiger partial charge >= 0.3 is 0 Å². The zero-order chi connectivity index (χ0) is 16.2. The first kappa shape index (κ1) is 16.4. The SMILES string of the molecule is N=C(Br)c1c(N)ncnc1N1CCN(CCc2cccs2)CC1. The molecule has 6 nitrogen and oxygen atoms in total. The van der Waals surface area contributed by atoms with Crippen molar-refractivity contribution in [1.82, 2.24) is 14.9 Å². The summed E-state index contributed by atoms with van der Waals surface area (Å²) >= 11 is 5.02. The number of thiophene rings is 1. The van der Waals surface area contributed by atoms with E-state index in [2.05, 4.69) is 53.2 Å². The minimum Gasteiger partial charge on any atom is -0.383 e. The fourth-order valence-corrected chi connectivity index (χ4v) is 3.82. The fraction of sp³-hybridized carbons (Fsp3) is 0.400. The fourth-order valence-electron chi connectivity index (χ4n) is 2.75. The Labute approximate surface area is 148 Å². The van der Waals surface area contributed by atoms with E-state index in [1.807, 2.05) is 11.3 Å². The van der Waals surface area contributed by atoms with Crippen molar-refractivity contribution in [3.05, 3.63) is 34.3 Å². The van der Waals surface area contributed by atoms with Gasteiger partial charge in [0.25, 0.3) is 0 Å². The quantitative estimate of drug-likeness (QED) is 0.759. The van der Waals surface area contributed by atoms with Gasteiger partial charge in [-0.2, -0.15) is 0 Å². The van der Waals surface area contributed by atoms with Crippen molar-refractivity contribution in [2.75, 3.05) is 43.4 Å².